The number of hydrogen-bond acceptors (Lipinski definition) is 4. The molecule has 0 amide bonds. The SMILES string of the molecule is COc1cc(CC2(O)CC2)cc(C#N)c1O. The lowest BCUT2D eigenvalue weighted by Crippen LogP contribution is -2.10. The second-order valence-electron chi connectivity index (χ2n) is 4.21. The van der Waals surface area contributed by atoms with Crippen molar-refractivity contribution in [3.8, 4) is 17.6 Å². The number of rotatable bonds is 3. The standard InChI is InChI=1S/C12H13NO3/c1-16-10-5-8(6-12(15)2-3-12)4-9(7-13)11(10)14/h4-5,14-15H,2-3,6H2,1H3. The summed E-state index contributed by atoms with van der Waals surface area (Å²) >= 11 is 0. The van der Waals surface area contributed by atoms with Gasteiger partial charge in [0.25, 0.3) is 0 Å². The molecule has 0 aliphatic heterocycles. The van der Waals surface area contributed by atoms with Crippen LogP contribution in [-0.2, 0) is 6.42 Å². The fourth-order valence-electron chi connectivity index (χ4n) is 1.71. The van der Waals surface area contributed by atoms with Crippen molar-refractivity contribution >= 4 is 0 Å². The summed E-state index contributed by atoms with van der Waals surface area (Å²) in [4.78, 5) is 0. The van der Waals surface area contributed by atoms with Crippen molar-refractivity contribution in [2.45, 2.75) is 24.9 Å². The van der Waals surface area contributed by atoms with Gasteiger partial charge in [0.1, 0.15) is 6.07 Å². The van der Waals surface area contributed by atoms with Crippen molar-refractivity contribution in [1.82, 2.24) is 0 Å². The molecular weight excluding hydrogens is 206 g/mol. The third-order valence-corrected chi connectivity index (χ3v) is 2.84. The van der Waals surface area contributed by atoms with Crippen molar-refractivity contribution in [3.05, 3.63) is 23.3 Å². The quantitative estimate of drug-likeness (QED) is 0.804. The van der Waals surface area contributed by atoms with Crippen molar-refractivity contribution < 1.29 is 14.9 Å². The fourth-order valence-corrected chi connectivity index (χ4v) is 1.71. The highest BCUT2D eigenvalue weighted by Crippen LogP contribution is 2.40. The van der Waals surface area contributed by atoms with Crippen LogP contribution < -0.4 is 4.74 Å². The summed E-state index contributed by atoms with van der Waals surface area (Å²) in [7, 11) is 1.44. The number of nitriles is 1. The second-order valence-corrected chi connectivity index (χ2v) is 4.21. The molecule has 1 aliphatic carbocycles. The molecule has 2 rings (SSSR count). The molecule has 84 valence electrons. The summed E-state index contributed by atoms with van der Waals surface area (Å²) in [6.45, 7) is 0. The molecule has 1 saturated carbocycles. The molecule has 0 radical (unpaired) electrons. The van der Waals surface area contributed by atoms with Crippen LogP contribution in [0.3, 0.4) is 0 Å². The molecular formula is C12H13NO3. The summed E-state index contributed by atoms with van der Waals surface area (Å²) in [6, 6.07) is 5.16. The largest absolute Gasteiger partial charge is 0.503 e. The highest BCUT2D eigenvalue weighted by Gasteiger charge is 2.40. The van der Waals surface area contributed by atoms with E-state index in [0.29, 0.717) is 6.42 Å². The first-order valence-corrected chi connectivity index (χ1v) is 5.10. The first-order valence-electron chi connectivity index (χ1n) is 5.10. The topological polar surface area (TPSA) is 73.5 Å². The molecule has 0 saturated heterocycles. The van der Waals surface area contributed by atoms with Crippen LogP contribution in [0.15, 0.2) is 12.1 Å². The van der Waals surface area contributed by atoms with Crippen LogP contribution in [0.2, 0.25) is 0 Å². The van der Waals surface area contributed by atoms with Gasteiger partial charge in [-0.25, -0.2) is 0 Å². The highest BCUT2D eigenvalue weighted by molar-refractivity contribution is 5.54. The van der Waals surface area contributed by atoms with E-state index in [0.717, 1.165) is 18.4 Å². The number of ether oxygens (including phenoxy) is 1. The second kappa shape index (κ2) is 3.69. The predicted octanol–water partition coefficient (Wildman–Crippen LogP) is 1.34. The Labute approximate surface area is 93.7 Å². The minimum atomic E-state index is -0.616. The molecule has 0 spiro atoms. The van der Waals surface area contributed by atoms with Crippen molar-refractivity contribution in [3.63, 3.8) is 0 Å². The first kappa shape index (κ1) is 10.8. The smallest absolute Gasteiger partial charge is 0.175 e. The molecule has 1 aromatic rings. The Morgan fingerprint density at radius 1 is 1.50 bits per heavy atom. The number of aliphatic hydroxyl groups is 1. The summed E-state index contributed by atoms with van der Waals surface area (Å²) in [5.41, 5.74) is 0.374. The maximum absolute atomic E-state index is 9.79. The van der Waals surface area contributed by atoms with Crippen LogP contribution in [0.5, 0.6) is 11.5 Å². The van der Waals surface area contributed by atoms with Crippen LogP contribution in [0, 0.1) is 11.3 Å². The third kappa shape index (κ3) is 1.95. The fraction of sp³-hybridized carbons (Fsp3) is 0.417. The molecule has 4 heteroatoms. The zero-order chi connectivity index (χ0) is 11.8. The Morgan fingerprint density at radius 3 is 2.69 bits per heavy atom. The molecule has 1 aliphatic rings. The van der Waals surface area contributed by atoms with E-state index in [9.17, 15) is 10.2 Å². The zero-order valence-corrected chi connectivity index (χ0v) is 9.03. The van der Waals surface area contributed by atoms with E-state index in [1.165, 1.54) is 7.11 Å². The monoisotopic (exact) mass is 219 g/mol. The van der Waals surface area contributed by atoms with E-state index in [4.69, 9.17) is 10.00 Å². The van der Waals surface area contributed by atoms with E-state index >= 15 is 0 Å². The highest BCUT2D eigenvalue weighted by atomic mass is 16.5. The average Bonchev–Trinajstić information content (AvgIpc) is 2.98. The molecule has 1 fully saturated rings. The molecule has 0 unspecified atom stereocenters. The molecule has 4 nitrogen and oxygen atoms in total. The molecule has 2 N–H and O–H groups in total. The Hall–Kier alpha value is -1.73. The van der Waals surface area contributed by atoms with Gasteiger partial charge in [-0.1, -0.05) is 0 Å². The number of aromatic hydroxyl groups is 1. The molecule has 0 aromatic heterocycles. The van der Waals surface area contributed by atoms with Gasteiger partial charge in [-0.2, -0.15) is 5.26 Å². The van der Waals surface area contributed by atoms with Crippen LogP contribution in [-0.4, -0.2) is 22.9 Å². The average molecular weight is 219 g/mol. The van der Waals surface area contributed by atoms with E-state index in [1.807, 2.05) is 6.07 Å². The summed E-state index contributed by atoms with van der Waals surface area (Å²) < 4.78 is 4.98. The molecule has 16 heavy (non-hydrogen) atoms. The van der Waals surface area contributed by atoms with Gasteiger partial charge < -0.3 is 14.9 Å². The van der Waals surface area contributed by atoms with E-state index in [1.54, 1.807) is 12.1 Å². The summed E-state index contributed by atoms with van der Waals surface area (Å²) in [5.74, 6) is 0.134. The Balaban J connectivity index is 2.35. The van der Waals surface area contributed by atoms with Gasteiger partial charge in [0, 0.05) is 6.42 Å². The normalized spacial score (nSPS) is 16.6. The third-order valence-electron chi connectivity index (χ3n) is 2.84. The first-order chi connectivity index (χ1) is 7.58. The van der Waals surface area contributed by atoms with Gasteiger partial charge in [-0.05, 0) is 30.5 Å². The molecule has 0 bridgehead atoms. The van der Waals surface area contributed by atoms with Gasteiger partial charge in [-0.15, -0.1) is 0 Å². The van der Waals surface area contributed by atoms with Crippen molar-refractivity contribution in [2.75, 3.05) is 7.11 Å². The van der Waals surface area contributed by atoms with Gasteiger partial charge in [0.2, 0.25) is 0 Å². The minimum absolute atomic E-state index is 0.142. The molecule has 0 heterocycles. The van der Waals surface area contributed by atoms with E-state index < -0.39 is 5.60 Å². The number of methoxy groups -OCH3 is 1. The summed E-state index contributed by atoms with van der Waals surface area (Å²) in [5, 5.41) is 28.3. The van der Waals surface area contributed by atoms with Gasteiger partial charge >= 0.3 is 0 Å². The zero-order valence-electron chi connectivity index (χ0n) is 9.03. The Morgan fingerprint density at radius 2 is 2.19 bits per heavy atom. The van der Waals surface area contributed by atoms with Gasteiger partial charge in [0.15, 0.2) is 11.5 Å². The van der Waals surface area contributed by atoms with Crippen LogP contribution in [0.1, 0.15) is 24.0 Å². The van der Waals surface area contributed by atoms with Crippen LogP contribution >= 0.6 is 0 Å². The Kier molecular flexibility index (Phi) is 2.49. The van der Waals surface area contributed by atoms with Crippen molar-refractivity contribution in [1.29, 1.82) is 5.26 Å². The van der Waals surface area contributed by atoms with Crippen LogP contribution in [0.25, 0.3) is 0 Å². The Bertz CT molecular complexity index is 458. The number of benzene rings is 1. The lowest BCUT2D eigenvalue weighted by molar-refractivity contribution is 0.151. The lowest BCUT2D eigenvalue weighted by Gasteiger charge is -2.11. The molecule has 0 atom stereocenters. The predicted molar refractivity (Wildman–Crippen MR) is 57.3 cm³/mol. The minimum Gasteiger partial charge on any atom is -0.503 e. The van der Waals surface area contributed by atoms with Gasteiger partial charge in [0.05, 0.1) is 18.3 Å². The van der Waals surface area contributed by atoms with E-state index in [-0.39, 0.29) is 17.1 Å². The lowest BCUT2D eigenvalue weighted by atomic mass is 10.0. The number of phenols is 1. The number of nitrogens with zero attached hydrogens (tertiary/aromatic N) is 1. The summed E-state index contributed by atoms with van der Waals surface area (Å²) in [6.07, 6.45) is 2.08. The van der Waals surface area contributed by atoms with Crippen molar-refractivity contribution in [2.24, 2.45) is 0 Å². The van der Waals surface area contributed by atoms with E-state index in [2.05, 4.69) is 0 Å². The number of phenolic OH excluding ortho intramolecular Hbond substituents is 1. The van der Waals surface area contributed by atoms with Crippen LogP contribution in [0.4, 0.5) is 0 Å². The maximum atomic E-state index is 9.79. The van der Waals surface area contributed by atoms with Gasteiger partial charge in [-0.3, -0.25) is 0 Å². The molecule has 1 aromatic carbocycles. The number of hydrogen-bond donors (Lipinski definition) is 2. The maximum Gasteiger partial charge on any atom is 0.175 e.